The minimum atomic E-state index is -0.209. The van der Waals surface area contributed by atoms with Crippen LogP contribution in [0.5, 0.6) is 0 Å². The van der Waals surface area contributed by atoms with Crippen LogP contribution in [-0.2, 0) is 0 Å². The maximum absolute atomic E-state index is 13.5. The van der Waals surface area contributed by atoms with E-state index in [1.165, 1.54) is 18.9 Å². The van der Waals surface area contributed by atoms with Crippen molar-refractivity contribution in [3.05, 3.63) is 29.8 Å². The molecule has 0 radical (unpaired) electrons. The molecule has 3 nitrogen and oxygen atoms in total. The second-order valence-electron chi connectivity index (χ2n) is 6.12. The van der Waals surface area contributed by atoms with E-state index in [9.17, 15) is 4.39 Å². The van der Waals surface area contributed by atoms with Crippen molar-refractivity contribution < 1.29 is 4.39 Å². The van der Waals surface area contributed by atoms with Gasteiger partial charge >= 0.3 is 0 Å². The number of nitrogens with zero attached hydrogens (tertiary/aromatic N) is 2. The molecule has 1 aromatic heterocycles. The van der Waals surface area contributed by atoms with Crippen LogP contribution in [0.25, 0.3) is 11.0 Å². The van der Waals surface area contributed by atoms with Gasteiger partial charge in [-0.1, -0.05) is 12.8 Å². The first-order valence-electron chi connectivity index (χ1n) is 7.51. The number of benzene rings is 1. The molecule has 0 amide bonds. The van der Waals surface area contributed by atoms with Gasteiger partial charge in [0.1, 0.15) is 11.6 Å². The highest BCUT2D eigenvalue weighted by atomic mass is 19.1. The molecule has 3 rings (SSSR count). The lowest BCUT2D eigenvalue weighted by Crippen LogP contribution is -2.33. The molecule has 2 unspecified atom stereocenters. The lowest BCUT2D eigenvalue weighted by molar-refractivity contribution is 0.360. The predicted molar refractivity (Wildman–Crippen MR) is 79.3 cm³/mol. The normalized spacial score (nSPS) is 23.6. The second kappa shape index (κ2) is 5.17. The lowest BCUT2D eigenvalue weighted by Gasteiger charge is -2.29. The van der Waals surface area contributed by atoms with Gasteiger partial charge in [0.05, 0.1) is 11.0 Å². The van der Waals surface area contributed by atoms with Gasteiger partial charge in [0.2, 0.25) is 0 Å². The Morgan fingerprint density at radius 2 is 2.05 bits per heavy atom. The molecule has 2 aromatic rings. The van der Waals surface area contributed by atoms with Crippen molar-refractivity contribution in [1.82, 2.24) is 9.55 Å². The molecule has 0 saturated heterocycles. The number of hydrogen-bond donors (Lipinski definition) is 1. The zero-order valence-electron chi connectivity index (χ0n) is 12.1. The van der Waals surface area contributed by atoms with Gasteiger partial charge in [0.15, 0.2) is 0 Å². The molecule has 0 aliphatic heterocycles. The highest BCUT2D eigenvalue weighted by molar-refractivity contribution is 5.76. The molecular formula is C16H22FN3. The van der Waals surface area contributed by atoms with Gasteiger partial charge < -0.3 is 10.3 Å². The van der Waals surface area contributed by atoms with Crippen LogP contribution in [0.4, 0.5) is 4.39 Å². The fourth-order valence-corrected chi connectivity index (χ4v) is 3.37. The first-order chi connectivity index (χ1) is 9.58. The molecule has 108 valence electrons. The zero-order chi connectivity index (χ0) is 14.3. The van der Waals surface area contributed by atoms with Crippen molar-refractivity contribution >= 4 is 11.0 Å². The standard InChI is InChI=1S/C16H22FN3/c1-10(2)20-15-9-11(17)7-8-14(15)19-16(20)12-5-3-4-6-13(12)18/h7-10,12-13H,3-6,18H2,1-2H3. The second-order valence-corrected chi connectivity index (χ2v) is 6.12. The molecule has 4 heteroatoms. The molecule has 1 heterocycles. The third kappa shape index (κ3) is 2.22. The van der Waals surface area contributed by atoms with Gasteiger partial charge in [-0.2, -0.15) is 0 Å². The van der Waals surface area contributed by atoms with E-state index in [-0.39, 0.29) is 17.9 Å². The molecule has 1 fully saturated rings. The van der Waals surface area contributed by atoms with Crippen molar-refractivity contribution in [2.75, 3.05) is 0 Å². The number of halogens is 1. The number of aromatic nitrogens is 2. The Morgan fingerprint density at radius 1 is 1.30 bits per heavy atom. The van der Waals surface area contributed by atoms with E-state index >= 15 is 0 Å². The van der Waals surface area contributed by atoms with Crippen LogP contribution in [0.15, 0.2) is 18.2 Å². The summed E-state index contributed by atoms with van der Waals surface area (Å²) in [6.45, 7) is 4.23. The number of fused-ring (bicyclic) bond motifs is 1. The Hall–Kier alpha value is -1.42. The SMILES string of the molecule is CC(C)n1c(C2CCCCC2N)nc2ccc(F)cc21. The van der Waals surface area contributed by atoms with Gasteiger partial charge in [0, 0.05) is 18.0 Å². The number of hydrogen-bond acceptors (Lipinski definition) is 2. The summed E-state index contributed by atoms with van der Waals surface area (Å²) in [7, 11) is 0. The third-order valence-corrected chi connectivity index (χ3v) is 4.35. The summed E-state index contributed by atoms with van der Waals surface area (Å²) in [6.07, 6.45) is 4.54. The summed E-state index contributed by atoms with van der Waals surface area (Å²) in [5.41, 5.74) is 8.05. The summed E-state index contributed by atoms with van der Waals surface area (Å²) in [5, 5.41) is 0. The van der Waals surface area contributed by atoms with Crippen LogP contribution >= 0.6 is 0 Å². The highest BCUT2D eigenvalue weighted by Gasteiger charge is 2.29. The summed E-state index contributed by atoms with van der Waals surface area (Å²) in [5.74, 6) is 1.12. The summed E-state index contributed by atoms with van der Waals surface area (Å²) in [4.78, 5) is 4.77. The van der Waals surface area contributed by atoms with Crippen molar-refractivity contribution in [2.24, 2.45) is 5.73 Å². The maximum Gasteiger partial charge on any atom is 0.125 e. The molecule has 20 heavy (non-hydrogen) atoms. The van der Waals surface area contributed by atoms with Crippen LogP contribution in [-0.4, -0.2) is 15.6 Å². The Kier molecular flexibility index (Phi) is 3.50. The first kappa shape index (κ1) is 13.6. The van der Waals surface area contributed by atoms with Crippen molar-refractivity contribution in [2.45, 2.75) is 57.5 Å². The predicted octanol–water partition coefficient (Wildman–Crippen LogP) is 3.74. The minimum absolute atomic E-state index is 0.169. The van der Waals surface area contributed by atoms with E-state index in [1.54, 1.807) is 12.1 Å². The van der Waals surface area contributed by atoms with E-state index in [4.69, 9.17) is 10.7 Å². The Morgan fingerprint density at radius 3 is 2.75 bits per heavy atom. The Bertz CT molecular complexity index is 617. The minimum Gasteiger partial charge on any atom is -0.327 e. The van der Waals surface area contributed by atoms with Crippen molar-refractivity contribution in [3.63, 3.8) is 0 Å². The van der Waals surface area contributed by atoms with E-state index < -0.39 is 0 Å². The van der Waals surface area contributed by atoms with Gasteiger partial charge in [-0.15, -0.1) is 0 Å². The topological polar surface area (TPSA) is 43.8 Å². The zero-order valence-corrected chi connectivity index (χ0v) is 12.1. The van der Waals surface area contributed by atoms with Gasteiger partial charge in [-0.3, -0.25) is 0 Å². The van der Waals surface area contributed by atoms with Crippen LogP contribution in [0.3, 0.4) is 0 Å². The van der Waals surface area contributed by atoms with Crippen LogP contribution in [0, 0.1) is 5.82 Å². The van der Waals surface area contributed by atoms with E-state index in [0.29, 0.717) is 5.92 Å². The molecule has 2 atom stereocenters. The average Bonchev–Trinajstić information content (AvgIpc) is 2.77. The van der Waals surface area contributed by atoms with Crippen LogP contribution in [0.2, 0.25) is 0 Å². The first-order valence-corrected chi connectivity index (χ1v) is 7.51. The fourth-order valence-electron chi connectivity index (χ4n) is 3.37. The summed E-state index contributed by atoms with van der Waals surface area (Å²) < 4.78 is 15.7. The number of nitrogens with two attached hydrogens (primary N) is 1. The molecule has 1 aromatic carbocycles. The number of rotatable bonds is 2. The Labute approximate surface area is 119 Å². The van der Waals surface area contributed by atoms with E-state index in [0.717, 1.165) is 29.7 Å². The lowest BCUT2D eigenvalue weighted by atomic mass is 9.84. The molecule has 1 saturated carbocycles. The molecule has 0 spiro atoms. The monoisotopic (exact) mass is 275 g/mol. The molecular weight excluding hydrogens is 253 g/mol. The average molecular weight is 275 g/mol. The highest BCUT2D eigenvalue weighted by Crippen LogP contribution is 2.35. The third-order valence-electron chi connectivity index (χ3n) is 4.35. The van der Waals surface area contributed by atoms with E-state index in [1.807, 2.05) is 0 Å². The largest absolute Gasteiger partial charge is 0.327 e. The molecule has 0 bridgehead atoms. The number of imidazole rings is 1. The van der Waals surface area contributed by atoms with Crippen molar-refractivity contribution in [1.29, 1.82) is 0 Å². The Balaban J connectivity index is 2.16. The van der Waals surface area contributed by atoms with Crippen LogP contribution < -0.4 is 5.73 Å². The van der Waals surface area contributed by atoms with Crippen molar-refractivity contribution in [3.8, 4) is 0 Å². The molecule has 1 aliphatic rings. The van der Waals surface area contributed by atoms with Gasteiger partial charge in [0.25, 0.3) is 0 Å². The fraction of sp³-hybridized carbons (Fsp3) is 0.562. The van der Waals surface area contributed by atoms with Crippen LogP contribution in [0.1, 0.15) is 57.3 Å². The molecule has 1 aliphatic carbocycles. The van der Waals surface area contributed by atoms with E-state index in [2.05, 4.69) is 18.4 Å². The van der Waals surface area contributed by atoms with Gasteiger partial charge in [-0.25, -0.2) is 9.37 Å². The summed E-state index contributed by atoms with van der Waals surface area (Å²) in [6, 6.07) is 5.25. The quantitative estimate of drug-likeness (QED) is 0.907. The summed E-state index contributed by atoms with van der Waals surface area (Å²) >= 11 is 0. The molecule has 2 N–H and O–H groups in total. The van der Waals surface area contributed by atoms with Gasteiger partial charge in [-0.05, 0) is 44.9 Å². The smallest absolute Gasteiger partial charge is 0.125 e. The maximum atomic E-state index is 13.5.